The summed E-state index contributed by atoms with van der Waals surface area (Å²) in [4.78, 5) is 11.0. The number of hydrogen-bond donors (Lipinski definition) is 1. The van der Waals surface area contributed by atoms with Gasteiger partial charge in [-0.25, -0.2) is 0 Å². The molecule has 3 nitrogen and oxygen atoms in total. The molecule has 0 aliphatic carbocycles. The van der Waals surface area contributed by atoms with Gasteiger partial charge in [0.2, 0.25) is 0 Å². The van der Waals surface area contributed by atoms with Gasteiger partial charge in [0.05, 0.1) is 0 Å². The lowest BCUT2D eigenvalue weighted by atomic mass is 10.1. The summed E-state index contributed by atoms with van der Waals surface area (Å²) in [7, 11) is 0. The second-order valence-electron chi connectivity index (χ2n) is 4.07. The van der Waals surface area contributed by atoms with E-state index in [2.05, 4.69) is 19.2 Å². The van der Waals surface area contributed by atoms with Crippen LogP contribution in [-0.2, 0) is 9.53 Å². The zero-order chi connectivity index (χ0) is 12.0. The third-order valence-electron chi connectivity index (χ3n) is 2.19. The van der Waals surface area contributed by atoms with E-state index in [4.69, 9.17) is 4.74 Å². The average Bonchev–Trinajstić information content (AvgIpc) is 2.25. The third kappa shape index (κ3) is 4.45. The summed E-state index contributed by atoms with van der Waals surface area (Å²) in [5, 5.41) is 3.27. The Hall–Kier alpha value is -1.35. The Kier molecular flexibility index (Phi) is 4.99. The van der Waals surface area contributed by atoms with Crippen molar-refractivity contribution in [3.05, 3.63) is 35.9 Å². The first-order valence-corrected chi connectivity index (χ1v) is 5.55. The van der Waals surface area contributed by atoms with Gasteiger partial charge in [0.1, 0.15) is 6.10 Å². The van der Waals surface area contributed by atoms with Gasteiger partial charge >= 0.3 is 5.97 Å². The summed E-state index contributed by atoms with van der Waals surface area (Å²) in [6, 6.07) is 10.2. The lowest BCUT2D eigenvalue weighted by Crippen LogP contribution is -2.29. The molecule has 0 amide bonds. The zero-order valence-corrected chi connectivity index (χ0v) is 10.1. The molecule has 0 fully saturated rings. The van der Waals surface area contributed by atoms with Crippen LogP contribution >= 0.6 is 0 Å². The van der Waals surface area contributed by atoms with Crippen LogP contribution in [0.25, 0.3) is 0 Å². The maximum atomic E-state index is 11.0. The Bertz CT molecular complexity index is 322. The van der Waals surface area contributed by atoms with E-state index in [-0.39, 0.29) is 12.1 Å². The fourth-order valence-electron chi connectivity index (χ4n) is 1.44. The van der Waals surface area contributed by atoms with E-state index in [0.29, 0.717) is 12.6 Å². The van der Waals surface area contributed by atoms with Gasteiger partial charge in [-0.05, 0) is 5.56 Å². The molecule has 0 bridgehead atoms. The maximum Gasteiger partial charge on any atom is 0.303 e. The van der Waals surface area contributed by atoms with Crippen LogP contribution in [0, 0.1) is 0 Å². The molecule has 1 N–H and O–H groups in total. The second-order valence-corrected chi connectivity index (χ2v) is 4.07. The molecule has 0 aromatic heterocycles. The molecule has 0 unspecified atom stereocenters. The number of benzene rings is 1. The quantitative estimate of drug-likeness (QED) is 0.775. The highest BCUT2D eigenvalue weighted by atomic mass is 16.5. The van der Waals surface area contributed by atoms with Gasteiger partial charge in [0.15, 0.2) is 0 Å². The van der Waals surface area contributed by atoms with Gasteiger partial charge < -0.3 is 10.1 Å². The highest BCUT2D eigenvalue weighted by Gasteiger charge is 2.14. The lowest BCUT2D eigenvalue weighted by molar-refractivity contribution is -0.146. The van der Waals surface area contributed by atoms with Crippen molar-refractivity contribution in [3.63, 3.8) is 0 Å². The molecule has 0 saturated heterocycles. The third-order valence-corrected chi connectivity index (χ3v) is 2.19. The van der Waals surface area contributed by atoms with Crippen molar-refractivity contribution in [3.8, 4) is 0 Å². The van der Waals surface area contributed by atoms with Gasteiger partial charge in [-0.2, -0.15) is 0 Å². The predicted molar refractivity (Wildman–Crippen MR) is 64.1 cm³/mol. The summed E-state index contributed by atoms with van der Waals surface area (Å²) in [6.07, 6.45) is -0.207. The minimum absolute atomic E-state index is 0.207. The van der Waals surface area contributed by atoms with Crippen LogP contribution < -0.4 is 5.32 Å². The van der Waals surface area contributed by atoms with E-state index >= 15 is 0 Å². The summed E-state index contributed by atoms with van der Waals surface area (Å²) >= 11 is 0. The summed E-state index contributed by atoms with van der Waals surface area (Å²) in [5.74, 6) is -0.251. The molecule has 0 saturated carbocycles. The van der Waals surface area contributed by atoms with Crippen LogP contribution in [0.2, 0.25) is 0 Å². The molecule has 0 aliphatic heterocycles. The Labute approximate surface area is 96.8 Å². The molecule has 0 heterocycles. The van der Waals surface area contributed by atoms with Crippen LogP contribution in [0.4, 0.5) is 0 Å². The van der Waals surface area contributed by atoms with Crippen LogP contribution in [-0.4, -0.2) is 18.6 Å². The van der Waals surface area contributed by atoms with E-state index in [9.17, 15) is 4.79 Å². The smallest absolute Gasteiger partial charge is 0.303 e. The molecular formula is C13H19NO2. The molecule has 88 valence electrons. The molecule has 1 aromatic rings. The topological polar surface area (TPSA) is 38.3 Å². The predicted octanol–water partition coefficient (Wildman–Crippen LogP) is 2.29. The number of hydrogen-bond acceptors (Lipinski definition) is 3. The number of esters is 1. The monoisotopic (exact) mass is 221 g/mol. The van der Waals surface area contributed by atoms with Gasteiger partial charge in [0.25, 0.3) is 0 Å². The van der Waals surface area contributed by atoms with E-state index in [0.717, 1.165) is 5.56 Å². The maximum absolute atomic E-state index is 11.0. The van der Waals surface area contributed by atoms with Gasteiger partial charge in [0, 0.05) is 19.5 Å². The van der Waals surface area contributed by atoms with Gasteiger partial charge in [-0.3, -0.25) is 4.79 Å². The molecule has 0 radical (unpaired) electrons. The van der Waals surface area contributed by atoms with Crippen molar-refractivity contribution < 1.29 is 9.53 Å². The van der Waals surface area contributed by atoms with Crippen LogP contribution in [0.3, 0.4) is 0 Å². The minimum Gasteiger partial charge on any atom is -0.456 e. The summed E-state index contributed by atoms with van der Waals surface area (Å²) in [6.45, 7) is 6.21. The normalized spacial score (nSPS) is 12.5. The van der Waals surface area contributed by atoms with E-state index in [1.807, 2.05) is 30.3 Å². The second kappa shape index (κ2) is 6.28. The number of rotatable bonds is 5. The van der Waals surface area contributed by atoms with E-state index in [1.54, 1.807) is 0 Å². The van der Waals surface area contributed by atoms with Crippen LogP contribution in [0.5, 0.6) is 0 Å². The van der Waals surface area contributed by atoms with Crippen molar-refractivity contribution in [2.45, 2.75) is 32.9 Å². The first-order chi connectivity index (χ1) is 7.59. The van der Waals surface area contributed by atoms with Crippen molar-refractivity contribution in [2.75, 3.05) is 6.54 Å². The standard InChI is InChI=1S/C13H19NO2/c1-10(2)14-9-13(16-11(3)15)12-7-5-4-6-8-12/h4-8,10,13-14H,9H2,1-3H3/t13-/m0/s1. The fourth-order valence-corrected chi connectivity index (χ4v) is 1.44. The largest absolute Gasteiger partial charge is 0.456 e. The molecule has 1 aromatic carbocycles. The van der Waals surface area contributed by atoms with Gasteiger partial charge in [-0.1, -0.05) is 44.2 Å². The molecule has 0 spiro atoms. The highest BCUT2D eigenvalue weighted by Crippen LogP contribution is 2.16. The summed E-state index contributed by atoms with van der Waals surface area (Å²) < 4.78 is 5.29. The Balaban J connectivity index is 2.67. The molecule has 0 aliphatic rings. The fraction of sp³-hybridized carbons (Fsp3) is 0.462. The van der Waals surface area contributed by atoms with Crippen molar-refractivity contribution in [2.24, 2.45) is 0 Å². The highest BCUT2D eigenvalue weighted by molar-refractivity contribution is 5.66. The van der Waals surface area contributed by atoms with E-state index < -0.39 is 0 Å². The average molecular weight is 221 g/mol. The zero-order valence-electron chi connectivity index (χ0n) is 10.1. The Morgan fingerprint density at radius 1 is 1.31 bits per heavy atom. The van der Waals surface area contributed by atoms with E-state index in [1.165, 1.54) is 6.92 Å². The Morgan fingerprint density at radius 3 is 2.44 bits per heavy atom. The van der Waals surface area contributed by atoms with Crippen LogP contribution in [0.15, 0.2) is 30.3 Å². The number of carbonyl (C=O) groups is 1. The first-order valence-electron chi connectivity index (χ1n) is 5.55. The van der Waals surface area contributed by atoms with Crippen LogP contribution in [0.1, 0.15) is 32.4 Å². The number of ether oxygens (including phenoxy) is 1. The molecule has 16 heavy (non-hydrogen) atoms. The summed E-state index contributed by atoms with van der Waals surface area (Å²) in [5.41, 5.74) is 1.02. The van der Waals surface area contributed by atoms with Crippen molar-refractivity contribution in [1.82, 2.24) is 5.32 Å². The molecule has 3 heteroatoms. The lowest BCUT2D eigenvalue weighted by Gasteiger charge is -2.19. The molecule has 1 atom stereocenters. The van der Waals surface area contributed by atoms with Gasteiger partial charge in [-0.15, -0.1) is 0 Å². The minimum atomic E-state index is -0.251. The van der Waals surface area contributed by atoms with Crippen molar-refractivity contribution >= 4 is 5.97 Å². The molecular weight excluding hydrogens is 202 g/mol. The Morgan fingerprint density at radius 2 is 1.94 bits per heavy atom. The SMILES string of the molecule is CC(=O)O[C@@H](CNC(C)C)c1ccccc1. The first kappa shape index (κ1) is 12.7. The van der Waals surface area contributed by atoms with Crippen molar-refractivity contribution in [1.29, 1.82) is 0 Å². The number of nitrogens with one attached hydrogen (secondary N) is 1. The number of carbonyl (C=O) groups excluding carboxylic acids is 1. The molecule has 1 rings (SSSR count).